The van der Waals surface area contributed by atoms with E-state index in [1.807, 2.05) is 25.1 Å². The molecule has 2 rings (SSSR count). The van der Waals surface area contributed by atoms with Gasteiger partial charge in [0.1, 0.15) is 6.61 Å². The number of carbonyl (C=O) groups is 1. The molecule has 3 heteroatoms. The van der Waals surface area contributed by atoms with Gasteiger partial charge in [-0.05, 0) is 18.6 Å². The van der Waals surface area contributed by atoms with Gasteiger partial charge in [0.05, 0.1) is 5.69 Å². The van der Waals surface area contributed by atoms with Gasteiger partial charge in [-0.2, -0.15) is 0 Å². The number of hydrogen-bond acceptors (Lipinski definition) is 2. The largest absolute Gasteiger partial charge is 0.445 e. The molecule has 17 heavy (non-hydrogen) atoms. The second-order valence-corrected chi connectivity index (χ2v) is 4.32. The Morgan fingerprint density at radius 1 is 1.47 bits per heavy atom. The number of fused-ring (bicyclic) bond motifs is 1. The second kappa shape index (κ2) is 4.62. The maximum absolute atomic E-state index is 12.0. The summed E-state index contributed by atoms with van der Waals surface area (Å²) in [5, 5.41) is 0. The number of hydrogen-bond donors (Lipinski definition) is 0. The summed E-state index contributed by atoms with van der Waals surface area (Å²) in [6.45, 7) is 7.96. The van der Waals surface area contributed by atoms with Crippen LogP contribution in [-0.2, 0) is 4.74 Å². The third-order valence-corrected chi connectivity index (χ3v) is 3.34. The van der Waals surface area contributed by atoms with E-state index in [2.05, 4.69) is 19.6 Å². The van der Waals surface area contributed by atoms with Crippen molar-refractivity contribution in [1.82, 2.24) is 0 Å². The number of rotatable bonds is 2. The molecule has 0 saturated carbocycles. The highest BCUT2D eigenvalue weighted by Crippen LogP contribution is 2.40. The van der Waals surface area contributed by atoms with Crippen LogP contribution in [-0.4, -0.2) is 18.7 Å². The summed E-state index contributed by atoms with van der Waals surface area (Å²) in [5.74, 6) is 0.336. The molecule has 0 aromatic heterocycles. The fourth-order valence-corrected chi connectivity index (χ4v) is 2.26. The van der Waals surface area contributed by atoms with Crippen molar-refractivity contribution < 1.29 is 9.53 Å². The molecule has 0 spiro atoms. The molecule has 0 bridgehead atoms. The van der Waals surface area contributed by atoms with Gasteiger partial charge < -0.3 is 4.74 Å². The van der Waals surface area contributed by atoms with Crippen LogP contribution in [0.5, 0.6) is 0 Å². The molecular formula is C14H17NO2. The summed E-state index contributed by atoms with van der Waals surface area (Å²) in [6, 6.07) is 8.10. The lowest BCUT2D eigenvalue weighted by Gasteiger charge is -2.23. The van der Waals surface area contributed by atoms with Crippen LogP contribution in [0.25, 0.3) is 0 Å². The Morgan fingerprint density at radius 3 is 2.88 bits per heavy atom. The molecule has 1 aliphatic rings. The van der Waals surface area contributed by atoms with Crippen molar-refractivity contribution in [2.24, 2.45) is 0 Å². The quantitative estimate of drug-likeness (QED) is 0.731. The van der Waals surface area contributed by atoms with Crippen LogP contribution in [0.2, 0.25) is 0 Å². The summed E-state index contributed by atoms with van der Waals surface area (Å²) in [6.07, 6.45) is 1.28. The smallest absolute Gasteiger partial charge is 0.414 e. The summed E-state index contributed by atoms with van der Waals surface area (Å²) in [5.41, 5.74) is 2.16. The van der Waals surface area contributed by atoms with E-state index in [9.17, 15) is 4.79 Å². The van der Waals surface area contributed by atoms with Crippen LogP contribution in [0.1, 0.15) is 25.3 Å². The van der Waals surface area contributed by atoms with Gasteiger partial charge in [-0.15, -0.1) is 0 Å². The normalized spacial score (nSPS) is 22.1. The van der Waals surface area contributed by atoms with Gasteiger partial charge in [0.15, 0.2) is 0 Å². The summed E-state index contributed by atoms with van der Waals surface area (Å²) in [7, 11) is 0. The second-order valence-electron chi connectivity index (χ2n) is 4.32. The zero-order valence-corrected chi connectivity index (χ0v) is 10.2. The highest BCUT2D eigenvalue weighted by Gasteiger charge is 2.36. The summed E-state index contributed by atoms with van der Waals surface area (Å²) < 4.78 is 5.12. The molecule has 0 unspecified atom stereocenters. The van der Waals surface area contributed by atoms with Gasteiger partial charge in [0.25, 0.3) is 0 Å². The number of amides is 1. The van der Waals surface area contributed by atoms with E-state index in [1.165, 1.54) is 5.56 Å². The van der Waals surface area contributed by atoms with Crippen molar-refractivity contribution >= 4 is 11.8 Å². The molecule has 0 fully saturated rings. The number of nitrogens with zero attached hydrogens (tertiary/aromatic N) is 1. The Balaban J connectivity index is 2.29. The lowest BCUT2D eigenvalue weighted by molar-refractivity contribution is 0.164. The maximum Gasteiger partial charge on any atom is 0.414 e. The summed E-state index contributed by atoms with van der Waals surface area (Å²) in [4.78, 5) is 13.7. The number of ether oxygens (including phenoxy) is 1. The highest BCUT2D eigenvalue weighted by atomic mass is 16.6. The average molecular weight is 231 g/mol. The highest BCUT2D eigenvalue weighted by molar-refractivity contribution is 5.91. The molecule has 1 aromatic carbocycles. The molecule has 0 saturated heterocycles. The first-order valence-electron chi connectivity index (χ1n) is 5.82. The van der Waals surface area contributed by atoms with Gasteiger partial charge in [-0.3, -0.25) is 4.90 Å². The van der Waals surface area contributed by atoms with Gasteiger partial charge in [-0.1, -0.05) is 37.8 Å². The molecule has 0 N–H and O–H groups in total. The molecule has 1 heterocycles. The maximum atomic E-state index is 12.0. The molecular weight excluding hydrogens is 214 g/mol. The SMILES string of the molecule is C=CCOC(=O)N1c2ccccc2[C@H](C)[C@H]1C. The van der Waals surface area contributed by atoms with Gasteiger partial charge in [-0.25, -0.2) is 4.79 Å². The minimum Gasteiger partial charge on any atom is -0.445 e. The lowest BCUT2D eigenvalue weighted by atomic mass is 9.99. The Labute approximate surface area is 102 Å². The number of benzene rings is 1. The lowest BCUT2D eigenvalue weighted by Crippen LogP contribution is -2.37. The average Bonchev–Trinajstić information content (AvgIpc) is 2.60. The predicted molar refractivity (Wildman–Crippen MR) is 68.3 cm³/mol. The van der Waals surface area contributed by atoms with Crippen molar-refractivity contribution in [2.75, 3.05) is 11.5 Å². The van der Waals surface area contributed by atoms with Crippen LogP contribution < -0.4 is 4.90 Å². The van der Waals surface area contributed by atoms with E-state index in [0.29, 0.717) is 5.92 Å². The first-order valence-corrected chi connectivity index (χ1v) is 5.82. The van der Waals surface area contributed by atoms with E-state index in [4.69, 9.17) is 4.74 Å². The van der Waals surface area contributed by atoms with Crippen molar-refractivity contribution in [1.29, 1.82) is 0 Å². The molecule has 1 aliphatic heterocycles. The molecule has 1 amide bonds. The molecule has 3 nitrogen and oxygen atoms in total. The van der Waals surface area contributed by atoms with Crippen LogP contribution in [0.15, 0.2) is 36.9 Å². The van der Waals surface area contributed by atoms with Crippen LogP contribution in [0, 0.1) is 0 Å². The van der Waals surface area contributed by atoms with Gasteiger partial charge >= 0.3 is 6.09 Å². The number of carbonyl (C=O) groups excluding carboxylic acids is 1. The number of para-hydroxylation sites is 1. The first-order chi connectivity index (χ1) is 8.16. The predicted octanol–water partition coefficient (Wildman–Crippen LogP) is 3.32. The third kappa shape index (κ3) is 1.93. The summed E-state index contributed by atoms with van der Waals surface area (Å²) >= 11 is 0. The Hall–Kier alpha value is -1.77. The molecule has 0 radical (unpaired) electrons. The third-order valence-electron chi connectivity index (χ3n) is 3.34. The van der Waals surface area contributed by atoms with E-state index >= 15 is 0 Å². The minimum atomic E-state index is -0.297. The van der Waals surface area contributed by atoms with E-state index in [-0.39, 0.29) is 18.7 Å². The van der Waals surface area contributed by atoms with Crippen LogP contribution in [0.3, 0.4) is 0 Å². The number of anilines is 1. The zero-order valence-electron chi connectivity index (χ0n) is 10.2. The van der Waals surface area contributed by atoms with Gasteiger partial charge in [0, 0.05) is 12.0 Å². The topological polar surface area (TPSA) is 29.5 Å². The van der Waals surface area contributed by atoms with Crippen molar-refractivity contribution in [3.63, 3.8) is 0 Å². The zero-order chi connectivity index (χ0) is 12.4. The van der Waals surface area contributed by atoms with Crippen LogP contribution in [0.4, 0.5) is 10.5 Å². The van der Waals surface area contributed by atoms with Crippen molar-refractivity contribution in [2.45, 2.75) is 25.8 Å². The molecule has 90 valence electrons. The Kier molecular flexibility index (Phi) is 3.18. The minimum absolute atomic E-state index is 0.129. The molecule has 2 atom stereocenters. The van der Waals surface area contributed by atoms with Crippen LogP contribution >= 0.6 is 0 Å². The van der Waals surface area contributed by atoms with E-state index in [1.54, 1.807) is 11.0 Å². The molecule has 1 aromatic rings. The van der Waals surface area contributed by atoms with E-state index < -0.39 is 0 Å². The Bertz CT molecular complexity index is 442. The fraction of sp³-hybridized carbons (Fsp3) is 0.357. The molecule has 0 aliphatic carbocycles. The standard InChI is InChI=1S/C14H17NO2/c1-4-9-17-14(16)15-11(3)10(2)12-7-5-6-8-13(12)15/h4-8,10-11H,1,9H2,2-3H3/t10-,11-/m1/s1. The van der Waals surface area contributed by atoms with Crippen molar-refractivity contribution in [3.8, 4) is 0 Å². The van der Waals surface area contributed by atoms with Crippen molar-refractivity contribution in [3.05, 3.63) is 42.5 Å². The van der Waals surface area contributed by atoms with Gasteiger partial charge in [0.2, 0.25) is 0 Å². The Morgan fingerprint density at radius 2 is 2.18 bits per heavy atom. The monoisotopic (exact) mass is 231 g/mol. The fourth-order valence-electron chi connectivity index (χ4n) is 2.26. The van der Waals surface area contributed by atoms with E-state index in [0.717, 1.165) is 5.69 Å². The first kappa shape index (κ1) is 11.7.